The summed E-state index contributed by atoms with van der Waals surface area (Å²) in [6, 6.07) is 2.39. The number of thiazole rings is 1. The van der Waals surface area contributed by atoms with Gasteiger partial charge in [-0.25, -0.2) is 15.0 Å². The third-order valence-corrected chi connectivity index (χ3v) is 5.69. The second kappa shape index (κ2) is 7.76. The van der Waals surface area contributed by atoms with Gasteiger partial charge >= 0.3 is 0 Å². The molecule has 7 heteroatoms. The van der Waals surface area contributed by atoms with Crippen molar-refractivity contribution in [2.75, 3.05) is 19.1 Å². The molecule has 0 spiro atoms. The van der Waals surface area contributed by atoms with E-state index in [2.05, 4.69) is 40.2 Å². The van der Waals surface area contributed by atoms with Crippen molar-refractivity contribution in [3.8, 4) is 0 Å². The minimum atomic E-state index is 0.302. The van der Waals surface area contributed by atoms with Crippen LogP contribution < -0.4 is 10.6 Å². The molecule has 1 aliphatic carbocycles. The van der Waals surface area contributed by atoms with E-state index in [0.717, 1.165) is 42.4 Å². The van der Waals surface area contributed by atoms with E-state index in [9.17, 15) is 0 Å². The van der Waals surface area contributed by atoms with Gasteiger partial charge in [0.15, 0.2) is 5.82 Å². The Kier molecular flexibility index (Phi) is 5.66. The lowest BCUT2D eigenvalue weighted by molar-refractivity contribution is 0.177. The first-order valence-electron chi connectivity index (χ1n) is 8.74. The molecule has 2 heterocycles. The van der Waals surface area contributed by atoms with Gasteiger partial charge in [0, 0.05) is 49.2 Å². The van der Waals surface area contributed by atoms with Crippen LogP contribution in [0.4, 0.5) is 5.82 Å². The summed E-state index contributed by atoms with van der Waals surface area (Å²) in [7, 11) is 3.71. The Balaban J connectivity index is 1.78. The van der Waals surface area contributed by atoms with E-state index in [1.54, 1.807) is 18.4 Å². The van der Waals surface area contributed by atoms with Gasteiger partial charge < -0.3 is 15.4 Å². The SMILES string of the molecule is COCc1nc(C2CC(N)C2)cc(N(C)Cc2csc(C(C)C)n2)n1. The van der Waals surface area contributed by atoms with E-state index in [-0.39, 0.29) is 0 Å². The Bertz CT molecular complexity index is 711. The average molecular weight is 362 g/mol. The Hall–Kier alpha value is -1.57. The third-order valence-electron chi connectivity index (χ3n) is 4.50. The molecular weight excluding hydrogens is 334 g/mol. The van der Waals surface area contributed by atoms with Crippen LogP contribution in [0.2, 0.25) is 0 Å². The largest absolute Gasteiger partial charge is 0.377 e. The monoisotopic (exact) mass is 361 g/mol. The van der Waals surface area contributed by atoms with E-state index in [1.807, 2.05) is 7.05 Å². The molecule has 0 aromatic carbocycles. The number of rotatable bonds is 7. The summed E-state index contributed by atoms with van der Waals surface area (Å²) in [4.78, 5) is 16.2. The van der Waals surface area contributed by atoms with Crippen molar-refractivity contribution in [2.24, 2.45) is 5.73 Å². The van der Waals surface area contributed by atoms with Crippen molar-refractivity contribution in [1.82, 2.24) is 15.0 Å². The molecule has 1 saturated carbocycles. The lowest BCUT2D eigenvalue weighted by Gasteiger charge is -2.32. The van der Waals surface area contributed by atoms with Gasteiger partial charge in [-0.05, 0) is 12.8 Å². The van der Waals surface area contributed by atoms with Crippen LogP contribution in [-0.4, -0.2) is 35.2 Å². The number of nitrogens with two attached hydrogens (primary N) is 1. The summed E-state index contributed by atoms with van der Waals surface area (Å²) in [5, 5.41) is 3.31. The van der Waals surface area contributed by atoms with Crippen molar-refractivity contribution in [1.29, 1.82) is 0 Å². The van der Waals surface area contributed by atoms with Crippen molar-refractivity contribution in [2.45, 2.75) is 57.7 Å². The maximum Gasteiger partial charge on any atom is 0.156 e. The van der Waals surface area contributed by atoms with Crippen molar-refractivity contribution in [3.05, 3.63) is 33.7 Å². The predicted octanol–water partition coefficient (Wildman–Crippen LogP) is 3.04. The molecule has 0 radical (unpaired) electrons. The fraction of sp³-hybridized carbons (Fsp3) is 0.611. The molecule has 2 aromatic rings. The molecule has 136 valence electrons. The zero-order chi connectivity index (χ0) is 18.0. The van der Waals surface area contributed by atoms with Crippen molar-refractivity contribution in [3.63, 3.8) is 0 Å². The smallest absolute Gasteiger partial charge is 0.156 e. The minimum absolute atomic E-state index is 0.302. The highest BCUT2D eigenvalue weighted by Crippen LogP contribution is 2.35. The maximum atomic E-state index is 5.94. The van der Waals surface area contributed by atoms with Gasteiger partial charge in [-0.2, -0.15) is 0 Å². The second-order valence-corrected chi connectivity index (χ2v) is 8.01. The van der Waals surface area contributed by atoms with Gasteiger partial charge in [0.1, 0.15) is 12.4 Å². The van der Waals surface area contributed by atoms with Crippen molar-refractivity contribution >= 4 is 17.2 Å². The standard InChI is InChI=1S/C18H27N5OS/c1-11(2)18-20-14(10-25-18)8-23(3)17-7-15(12-5-13(19)6-12)21-16(22-17)9-24-4/h7,10-13H,5-6,8-9,19H2,1-4H3. The lowest BCUT2D eigenvalue weighted by atomic mass is 9.78. The van der Waals surface area contributed by atoms with Gasteiger partial charge in [-0.3, -0.25) is 0 Å². The Labute approximate surface area is 153 Å². The van der Waals surface area contributed by atoms with Crippen LogP contribution >= 0.6 is 11.3 Å². The number of hydrogen-bond donors (Lipinski definition) is 1. The molecule has 1 fully saturated rings. The topological polar surface area (TPSA) is 77.2 Å². The first kappa shape index (κ1) is 18.2. The quantitative estimate of drug-likeness (QED) is 0.817. The first-order chi connectivity index (χ1) is 12.0. The number of aromatic nitrogens is 3. The molecule has 0 amide bonds. The zero-order valence-corrected chi connectivity index (χ0v) is 16.2. The summed E-state index contributed by atoms with van der Waals surface area (Å²) < 4.78 is 5.24. The molecule has 2 aromatic heterocycles. The molecule has 2 N–H and O–H groups in total. The first-order valence-corrected chi connectivity index (χ1v) is 9.62. The van der Waals surface area contributed by atoms with E-state index in [4.69, 9.17) is 15.5 Å². The zero-order valence-electron chi connectivity index (χ0n) is 15.4. The molecule has 1 aliphatic rings. The highest BCUT2D eigenvalue weighted by Gasteiger charge is 2.29. The highest BCUT2D eigenvalue weighted by atomic mass is 32.1. The fourth-order valence-corrected chi connectivity index (χ4v) is 3.82. The fourth-order valence-electron chi connectivity index (χ4n) is 2.99. The lowest BCUT2D eigenvalue weighted by Crippen LogP contribution is -2.35. The minimum Gasteiger partial charge on any atom is -0.377 e. The van der Waals surface area contributed by atoms with Crippen LogP contribution in [0, 0.1) is 0 Å². The summed E-state index contributed by atoms with van der Waals surface area (Å²) >= 11 is 1.72. The van der Waals surface area contributed by atoms with Crippen LogP contribution in [0.5, 0.6) is 0 Å². The molecule has 0 bridgehead atoms. The van der Waals surface area contributed by atoms with Gasteiger partial charge in [0.05, 0.1) is 17.2 Å². The molecule has 0 saturated heterocycles. The maximum absolute atomic E-state index is 5.94. The Morgan fingerprint density at radius 2 is 2.08 bits per heavy atom. The van der Waals surface area contributed by atoms with E-state index in [0.29, 0.717) is 24.5 Å². The Morgan fingerprint density at radius 3 is 2.68 bits per heavy atom. The van der Waals surface area contributed by atoms with E-state index >= 15 is 0 Å². The normalized spacial score (nSPS) is 19.9. The third kappa shape index (κ3) is 4.34. The molecule has 0 unspecified atom stereocenters. The van der Waals surface area contributed by atoms with E-state index in [1.165, 1.54) is 5.01 Å². The van der Waals surface area contributed by atoms with Crippen molar-refractivity contribution < 1.29 is 4.74 Å². The van der Waals surface area contributed by atoms with Gasteiger partial charge in [0.2, 0.25) is 0 Å². The number of methoxy groups -OCH3 is 1. The van der Waals surface area contributed by atoms with Crippen LogP contribution in [0.25, 0.3) is 0 Å². The van der Waals surface area contributed by atoms with Crippen LogP contribution in [0.1, 0.15) is 60.7 Å². The van der Waals surface area contributed by atoms with Crippen LogP contribution in [0.3, 0.4) is 0 Å². The van der Waals surface area contributed by atoms with E-state index < -0.39 is 0 Å². The summed E-state index contributed by atoms with van der Waals surface area (Å²) in [6.45, 7) is 5.49. The number of nitrogens with zero attached hydrogens (tertiary/aromatic N) is 4. The van der Waals surface area contributed by atoms with Gasteiger partial charge in [-0.15, -0.1) is 11.3 Å². The number of ether oxygens (including phenoxy) is 1. The van der Waals surface area contributed by atoms with Gasteiger partial charge in [-0.1, -0.05) is 13.8 Å². The molecule has 25 heavy (non-hydrogen) atoms. The molecule has 0 atom stereocenters. The summed E-state index contributed by atoms with van der Waals surface area (Å²) in [5.41, 5.74) is 8.10. The Morgan fingerprint density at radius 1 is 1.32 bits per heavy atom. The second-order valence-electron chi connectivity index (χ2n) is 7.12. The molecular formula is C18H27N5OS. The highest BCUT2D eigenvalue weighted by molar-refractivity contribution is 7.09. The van der Waals surface area contributed by atoms with Crippen LogP contribution in [-0.2, 0) is 17.9 Å². The molecule has 3 rings (SSSR count). The summed E-state index contributed by atoms with van der Waals surface area (Å²) in [5.74, 6) is 2.54. The summed E-state index contributed by atoms with van der Waals surface area (Å²) in [6.07, 6.45) is 1.99. The number of anilines is 1. The molecule has 6 nitrogen and oxygen atoms in total. The molecule has 0 aliphatic heterocycles. The van der Waals surface area contributed by atoms with Crippen LogP contribution in [0.15, 0.2) is 11.4 Å². The number of hydrogen-bond acceptors (Lipinski definition) is 7. The predicted molar refractivity (Wildman–Crippen MR) is 101 cm³/mol. The average Bonchev–Trinajstić information content (AvgIpc) is 3.00. The van der Waals surface area contributed by atoms with Gasteiger partial charge in [0.25, 0.3) is 0 Å².